The van der Waals surface area contributed by atoms with Crippen molar-refractivity contribution in [2.75, 3.05) is 0 Å². The Hall–Kier alpha value is -3.02. The molecule has 0 amide bonds. The van der Waals surface area contributed by atoms with Crippen LogP contribution in [-0.4, -0.2) is 0 Å². The molecule has 3 aromatic carbocycles. The number of benzene rings is 3. The summed E-state index contributed by atoms with van der Waals surface area (Å²) >= 11 is 7.52. The van der Waals surface area contributed by atoms with Crippen LogP contribution in [0.1, 0.15) is 49.7 Å². The van der Waals surface area contributed by atoms with Gasteiger partial charge in [0.05, 0.1) is 0 Å². The number of rotatable bonds is 8. The summed E-state index contributed by atoms with van der Waals surface area (Å²) in [6.45, 7) is 4.75. The van der Waals surface area contributed by atoms with Crippen LogP contribution < -0.4 is 0 Å². The summed E-state index contributed by atoms with van der Waals surface area (Å²) in [5.41, 5.74) is 6.84. The van der Waals surface area contributed by atoms with Gasteiger partial charge in [-0.15, -0.1) is 45.3 Å². The van der Waals surface area contributed by atoms with Crippen LogP contribution in [0.25, 0.3) is 50.1 Å². The topological polar surface area (TPSA) is 0 Å². The van der Waals surface area contributed by atoms with Gasteiger partial charge in [-0.1, -0.05) is 92.7 Å². The lowest BCUT2D eigenvalue weighted by Crippen LogP contribution is -1.99. The molecule has 2 atom stereocenters. The Bertz CT molecular complexity index is 1800. The molecule has 0 N–H and O–H groups in total. The molecule has 0 fully saturated rings. The van der Waals surface area contributed by atoms with E-state index in [1.165, 1.54) is 74.1 Å². The molecule has 0 radical (unpaired) electrons. The van der Waals surface area contributed by atoms with Gasteiger partial charge in [0.25, 0.3) is 0 Å². The fourth-order valence-corrected chi connectivity index (χ4v) is 9.94. The van der Waals surface area contributed by atoms with Gasteiger partial charge in [-0.05, 0) is 82.1 Å². The van der Waals surface area contributed by atoms with E-state index < -0.39 is 0 Å². The van der Waals surface area contributed by atoms with Crippen LogP contribution in [-0.2, 0) is 0 Å². The summed E-state index contributed by atoms with van der Waals surface area (Å²) in [6.07, 6.45) is 2.39. The molecule has 0 aliphatic rings. The minimum Gasteiger partial charge on any atom is -0.143 e. The maximum atomic E-state index is 2.37. The molecular formula is C36H30S4. The first-order valence-corrected chi connectivity index (χ1v) is 17.2. The Morgan fingerprint density at radius 3 is 1.43 bits per heavy atom. The van der Waals surface area contributed by atoms with Gasteiger partial charge in [-0.3, -0.25) is 0 Å². The highest BCUT2D eigenvalue weighted by Gasteiger charge is 2.14. The second-order valence-corrected chi connectivity index (χ2v) is 14.9. The van der Waals surface area contributed by atoms with E-state index >= 15 is 0 Å². The first-order valence-electron chi connectivity index (χ1n) is 13.9. The highest BCUT2D eigenvalue weighted by molar-refractivity contribution is 7.31. The average Bonchev–Trinajstić information content (AvgIpc) is 3.77. The summed E-state index contributed by atoms with van der Waals surface area (Å²) in [5.74, 6) is 1.11. The zero-order valence-corrected chi connectivity index (χ0v) is 25.9. The zero-order valence-electron chi connectivity index (χ0n) is 22.6. The van der Waals surface area contributed by atoms with Crippen LogP contribution in [0.5, 0.6) is 0 Å². The van der Waals surface area contributed by atoms with Crippen LogP contribution in [0.4, 0.5) is 0 Å². The lowest BCUT2D eigenvalue weighted by molar-refractivity contribution is 0.574. The first-order chi connectivity index (χ1) is 19.6. The monoisotopic (exact) mass is 590 g/mol. The largest absolute Gasteiger partial charge is 0.143 e. The van der Waals surface area contributed by atoms with Gasteiger partial charge < -0.3 is 0 Å². The van der Waals surface area contributed by atoms with E-state index in [2.05, 4.69) is 122 Å². The molecule has 0 aliphatic heterocycles. The van der Waals surface area contributed by atoms with Crippen molar-refractivity contribution in [3.05, 3.63) is 120 Å². The maximum Gasteiger partial charge on any atom is 0.0463 e. The molecular weight excluding hydrogens is 561 g/mol. The number of hydrogen-bond acceptors (Lipinski definition) is 4. The van der Waals surface area contributed by atoms with Crippen molar-refractivity contribution >= 4 is 64.1 Å². The molecule has 0 aliphatic carbocycles. The molecule has 0 saturated carbocycles. The molecule has 2 unspecified atom stereocenters. The molecule has 198 valence electrons. The maximum absolute atomic E-state index is 2.37. The molecule has 7 aromatic rings. The van der Waals surface area contributed by atoms with E-state index in [1.54, 1.807) is 0 Å². The third-order valence-electron chi connectivity index (χ3n) is 7.97. The van der Waals surface area contributed by atoms with E-state index in [1.807, 2.05) is 45.3 Å². The summed E-state index contributed by atoms with van der Waals surface area (Å²) in [6, 6.07) is 38.6. The summed E-state index contributed by atoms with van der Waals surface area (Å²) in [7, 11) is 0. The van der Waals surface area contributed by atoms with E-state index in [9.17, 15) is 0 Å². The van der Waals surface area contributed by atoms with Crippen molar-refractivity contribution in [2.45, 2.75) is 38.5 Å². The molecule has 4 aromatic heterocycles. The number of thiophene rings is 4. The van der Waals surface area contributed by atoms with Crippen molar-refractivity contribution in [2.24, 2.45) is 0 Å². The van der Waals surface area contributed by atoms with Crippen LogP contribution >= 0.6 is 45.3 Å². The highest BCUT2D eigenvalue weighted by Crippen LogP contribution is 2.42. The van der Waals surface area contributed by atoms with Gasteiger partial charge in [0.15, 0.2) is 0 Å². The molecule has 4 heterocycles. The summed E-state index contributed by atoms with van der Waals surface area (Å²) in [5, 5.41) is 2.18. The standard InChI is InChI=1S/C36H30S4/c1-23(25-10-14-28(15-11-25)31-20-34-30(38-31)18-19-37-34)8-9-24(2)26-12-16-29(17-13-26)33-22-36-35(40-33)21-32(39-36)27-6-4-3-5-7-27/h3-7,10-24H,8-9H2,1-2H3. The van der Waals surface area contributed by atoms with Crippen LogP contribution in [0.15, 0.2) is 109 Å². The molecule has 0 saturated heterocycles. The van der Waals surface area contributed by atoms with Gasteiger partial charge in [-0.2, -0.15) is 0 Å². The predicted octanol–water partition coefficient (Wildman–Crippen LogP) is 12.9. The highest BCUT2D eigenvalue weighted by atomic mass is 32.1. The third-order valence-corrected chi connectivity index (χ3v) is 12.5. The van der Waals surface area contributed by atoms with E-state index in [4.69, 9.17) is 0 Å². The Labute approximate surface area is 252 Å². The average molecular weight is 591 g/mol. The fraction of sp³-hybridized carbons (Fsp3) is 0.167. The fourth-order valence-electron chi connectivity index (χ4n) is 5.42. The first kappa shape index (κ1) is 25.9. The normalized spacial score (nSPS) is 13.2. The molecule has 0 nitrogen and oxygen atoms in total. The van der Waals surface area contributed by atoms with Crippen LogP contribution in [0, 0.1) is 0 Å². The molecule has 0 bridgehead atoms. The van der Waals surface area contributed by atoms with E-state index in [0.29, 0.717) is 11.8 Å². The van der Waals surface area contributed by atoms with Crippen molar-refractivity contribution in [3.8, 4) is 31.3 Å². The number of fused-ring (bicyclic) bond motifs is 2. The summed E-state index contributed by atoms with van der Waals surface area (Å²) in [4.78, 5) is 4.09. The Morgan fingerprint density at radius 1 is 0.475 bits per heavy atom. The van der Waals surface area contributed by atoms with Gasteiger partial charge >= 0.3 is 0 Å². The Balaban J connectivity index is 0.974. The van der Waals surface area contributed by atoms with Crippen molar-refractivity contribution in [1.29, 1.82) is 0 Å². The van der Waals surface area contributed by atoms with Gasteiger partial charge in [-0.25, -0.2) is 0 Å². The Kier molecular flexibility index (Phi) is 7.19. The van der Waals surface area contributed by atoms with Gasteiger partial charge in [0.1, 0.15) is 0 Å². The lowest BCUT2D eigenvalue weighted by Gasteiger charge is -2.17. The van der Waals surface area contributed by atoms with Gasteiger partial charge in [0.2, 0.25) is 0 Å². The van der Waals surface area contributed by atoms with E-state index in [-0.39, 0.29) is 0 Å². The SMILES string of the molecule is CC(CCC(C)c1ccc(-c2cc3sc(-c4ccccc4)cc3s2)cc1)c1ccc(-c2cc3sccc3s2)cc1. The lowest BCUT2D eigenvalue weighted by atomic mass is 9.88. The molecule has 7 rings (SSSR count). The third kappa shape index (κ3) is 5.22. The van der Waals surface area contributed by atoms with E-state index in [0.717, 1.165) is 0 Å². The number of hydrogen-bond donors (Lipinski definition) is 0. The predicted molar refractivity (Wildman–Crippen MR) is 182 cm³/mol. The quantitative estimate of drug-likeness (QED) is 0.165. The molecule has 40 heavy (non-hydrogen) atoms. The zero-order chi connectivity index (χ0) is 27.1. The van der Waals surface area contributed by atoms with Crippen molar-refractivity contribution < 1.29 is 0 Å². The van der Waals surface area contributed by atoms with Crippen molar-refractivity contribution in [1.82, 2.24) is 0 Å². The second-order valence-electron chi connectivity index (χ2n) is 10.7. The second kappa shape index (κ2) is 11.1. The molecule has 0 spiro atoms. The van der Waals surface area contributed by atoms with Gasteiger partial charge in [0, 0.05) is 33.4 Å². The van der Waals surface area contributed by atoms with Crippen LogP contribution in [0.3, 0.4) is 0 Å². The molecule has 4 heteroatoms. The Morgan fingerprint density at radius 2 is 0.925 bits per heavy atom. The smallest absolute Gasteiger partial charge is 0.0463 e. The van der Waals surface area contributed by atoms with Crippen molar-refractivity contribution in [3.63, 3.8) is 0 Å². The minimum absolute atomic E-state index is 0.551. The van der Waals surface area contributed by atoms with Crippen LogP contribution in [0.2, 0.25) is 0 Å². The summed E-state index contributed by atoms with van der Waals surface area (Å²) < 4.78 is 5.56. The minimum atomic E-state index is 0.551.